The molecule has 0 aliphatic carbocycles. The highest BCUT2D eigenvalue weighted by Crippen LogP contribution is 2.00. The Labute approximate surface area is 82.6 Å². The average Bonchev–Trinajstić information content (AvgIpc) is 2.01. The van der Waals surface area contributed by atoms with Crippen molar-refractivity contribution in [2.24, 2.45) is 0 Å². The van der Waals surface area contributed by atoms with Crippen LogP contribution in [-0.4, -0.2) is 46.7 Å². The Hall–Kier alpha value is -1.36. The molecule has 0 fully saturated rings. The monoisotopic (exact) mass is 201 g/mol. The molecule has 5 heteroatoms. The topological polar surface area (TPSA) is 77.8 Å². The Morgan fingerprint density at radius 2 is 1.57 bits per heavy atom. The fourth-order valence-electron chi connectivity index (χ4n) is 0.978. The van der Waals surface area contributed by atoms with Gasteiger partial charge in [-0.1, -0.05) is 19.1 Å². The van der Waals surface area contributed by atoms with E-state index < -0.39 is 11.9 Å². The van der Waals surface area contributed by atoms with Gasteiger partial charge in [0.15, 0.2) is 0 Å². The molecule has 2 N–H and O–H groups in total. The van der Waals surface area contributed by atoms with Crippen molar-refractivity contribution in [1.82, 2.24) is 4.90 Å². The van der Waals surface area contributed by atoms with Crippen LogP contribution < -0.4 is 0 Å². The summed E-state index contributed by atoms with van der Waals surface area (Å²) in [6.45, 7) is 5.36. The van der Waals surface area contributed by atoms with Crippen LogP contribution in [0.3, 0.4) is 0 Å². The van der Waals surface area contributed by atoms with Crippen molar-refractivity contribution < 1.29 is 19.8 Å². The minimum Gasteiger partial charge on any atom is -0.480 e. The minimum absolute atomic E-state index is 0.273. The van der Waals surface area contributed by atoms with E-state index in [2.05, 4.69) is 6.58 Å². The van der Waals surface area contributed by atoms with Crippen LogP contribution in [0.2, 0.25) is 0 Å². The molecule has 80 valence electrons. The lowest BCUT2D eigenvalue weighted by Gasteiger charge is -2.18. The zero-order valence-electron chi connectivity index (χ0n) is 8.19. The second-order valence-corrected chi connectivity index (χ2v) is 3.04. The third-order valence-electron chi connectivity index (χ3n) is 1.66. The van der Waals surface area contributed by atoms with Gasteiger partial charge in [-0.05, 0) is 6.42 Å². The van der Waals surface area contributed by atoms with Gasteiger partial charge in [-0.15, -0.1) is 0 Å². The molecule has 0 aromatic rings. The van der Waals surface area contributed by atoms with Crippen molar-refractivity contribution in [1.29, 1.82) is 0 Å². The molecule has 0 atom stereocenters. The summed E-state index contributed by atoms with van der Waals surface area (Å²) in [6.07, 6.45) is 0.718. The summed E-state index contributed by atoms with van der Waals surface area (Å²) in [7, 11) is 0. The van der Waals surface area contributed by atoms with Crippen LogP contribution in [0.1, 0.15) is 13.3 Å². The highest BCUT2D eigenvalue weighted by atomic mass is 16.4. The van der Waals surface area contributed by atoms with E-state index >= 15 is 0 Å². The van der Waals surface area contributed by atoms with E-state index in [-0.39, 0.29) is 13.1 Å². The second-order valence-electron chi connectivity index (χ2n) is 3.04. The summed E-state index contributed by atoms with van der Waals surface area (Å²) in [4.78, 5) is 22.1. The third-order valence-corrected chi connectivity index (χ3v) is 1.66. The van der Waals surface area contributed by atoms with Gasteiger partial charge in [0.25, 0.3) is 0 Å². The van der Waals surface area contributed by atoms with Crippen molar-refractivity contribution in [2.75, 3.05) is 19.6 Å². The van der Waals surface area contributed by atoms with Crippen molar-refractivity contribution in [3.63, 3.8) is 0 Å². The third kappa shape index (κ3) is 6.19. The van der Waals surface area contributed by atoms with E-state index in [4.69, 9.17) is 10.2 Å². The van der Waals surface area contributed by atoms with Crippen LogP contribution in [0.4, 0.5) is 0 Å². The predicted octanol–water partition coefficient (Wildman–Crippen LogP) is 0.424. The summed E-state index contributed by atoms with van der Waals surface area (Å²) >= 11 is 0. The van der Waals surface area contributed by atoms with Crippen molar-refractivity contribution in [3.8, 4) is 0 Å². The first-order valence-corrected chi connectivity index (χ1v) is 4.28. The molecule has 0 aliphatic heterocycles. The molecule has 0 radical (unpaired) electrons. The molecule has 0 bridgehead atoms. The fourth-order valence-corrected chi connectivity index (χ4v) is 0.978. The number of rotatable bonds is 7. The van der Waals surface area contributed by atoms with E-state index in [9.17, 15) is 9.59 Å². The Balaban J connectivity index is 4.16. The standard InChI is InChI=1S/C9H15NO4/c1-3-7(2)4-10(5-8(11)12)6-9(13)14/h2-6H2,1H3,(H,11,12)(H,13,14). The maximum atomic E-state index is 10.4. The highest BCUT2D eigenvalue weighted by Gasteiger charge is 2.13. The van der Waals surface area contributed by atoms with Gasteiger partial charge in [0.1, 0.15) is 0 Å². The van der Waals surface area contributed by atoms with Crippen LogP contribution in [0.15, 0.2) is 12.2 Å². The van der Waals surface area contributed by atoms with E-state index in [1.807, 2.05) is 6.92 Å². The van der Waals surface area contributed by atoms with Crippen molar-refractivity contribution in [2.45, 2.75) is 13.3 Å². The van der Waals surface area contributed by atoms with Gasteiger partial charge in [-0.3, -0.25) is 14.5 Å². The largest absolute Gasteiger partial charge is 0.480 e. The lowest BCUT2D eigenvalue weighted by Crippen LogP contribution is -2.35. The normalized spacial score (nSPS) is 10.1. The van der Waals surface area contributed by atoms with Crippen molar-refractivity contribution >= 4 is 11.9 Å². The summed E-state index contributed by atoms with van der Waals surface area (Å²) in [5.41, 5.74) is 0.826. The molecule has 0 aromatic carbocycles. The number of carboxylic acid groups (broad SMARTS) is 2. The molecular formula is C9H15NO4. The van der Waals surface area contributed by atoms with Gasteiger partial charge >= 0.3 is 11.9 Å². The number of carbonyl (C=O) groups is 2. The SMILES string of the molecule is C=C(CC)CN(CC(=O)O)CC(=O)O. The van der Waals surface area contributed by atoms with E-state index in [1.165, 1.54) is 4.90 Å². The lowest BCUT2D eigenvalue weighted by atomic mass is 10.2. The molecule has 0 spiro atoms. The van der Waals surface area contributed by atoms with Crippen LogP contribution in [0.25, 0.3) is 0 Å². The van der Waals surface area contributed by atoms with Gasteiger partial charge < -0.3 is 10.2 Å². The average molecular weight is 201 g/mol. The number of nitrogens with zero attached hydrogens (tertiary/aromatic N) is 1. The number of hydrogen-bond acceptors (Lipinski definition) is 3. The number of hydrogen-bond donors (Lipinski definition) is 2. The Bertz CT molecular complexity index is 221. The zero-order valence-corrected chi connectivity index (χ0v) is 8.19. The Kier molecular flexibility index (Phi) is 5.55. The molecule has 0 aliphatic rings. The van der Waals surface area contributed by atoms with Gasteiger partial charge in [-0.25, -0.2) is 0 Å². The molecule has 0 rings (SSSR count). The maximum Gasteiger partial charge on any atom is 0.317 e. The van der Waals surface area contributed by atoms with E-state index in [0.29, 0.717) is 6.54 Å². The maximum absolute atomic E-state index is 10.4. The van der Waals surface area contributed by atoms with Crippen molar-refractivity contribution in [3.05, 3.63) is 12.2 Å². The Morgan fingerprint density at radius 3 is 1.86 bits per heavy atom. The van der Waals surface area contributed by atoms with Gasteiger partial charge in [-0.2, -0.15) is 0 Å². The summed E-state index contributed by atoms with van der Waals surface area (Å²) in [5.74, 6) is -2.06. The second kappa shape index (κ2) is 6.15. The lowest BCUT2D eigenvalue weighted by molar-refractivity contribution is -0.141. The molecule has 0 amide bonds. The van der Waals surface area contributed by atoms with Gasteiger partial charge in [0.05, 0.1) is 13.1 Å². The molecule has 14 heavy (non-hydrogen) atoms. The van der Waals surface area contributed by atoms with E-state index in [1.54, 1.807) is 0 Å². The summed E-state index contributed by atoms with van der Waals surface area (Å²) < 4.78 is 0. The molecule has 5 nitrogen and oxygen atoms in total. The molecule has 0 saturated carbocycles. The predicted molar refractivity (Wildman–Crippen MR) is 51.1 cm³/mol. The molecular weight excluding hydrogens is 186 g/mol. The molecule has 0 aromatic heterocycles. The minimum atomic E-state index is -1.03. The van der Waals surface area contributed by atoms with Crippen LogP contribution in [-0.2, 0) is 9.59 Å². The molecule has 0 heterocycles. The fraction of sp³-hybridized carbons (Fsp3) is 0.556. The van der Waals surface area contributed by atoms with Gasteiger partial charge in [0.2, 0.25) is 0 Å². The first kappa shape index (κ1) is 12.6. The Morgan fingerprint density at radius 1 is 1.14 bits per heavy atom. The van der Waals surface area contributed by atoms with Gasteiger partial charge in [0, 0.05) is 6.54 Å². The zero-order chi connectivity index (χ0) is 11.1. The number of aliphatic carboxylic acids is 2. The highest BCUT2D eigenvalue weighted by molar-refractivity contribution is 5.72. The van der Waals surface area contributed by atoms with E-state index in [0.717, 1.165) is 12.0 Å². The van der Waals surface area contributed by atoms with Crippen LogP contribution >= 0.6 is 0 Å². The smallest absolute Gasteiger partial charge is 0.317 e. The van der Waals surface area contributed by atoms with Crippen LogP contribution in [0.5, 0.6) is 0 Å². The van der Waals surface area contributed by atoms with Crippen LogP contribution in [0, 0.1) is 0 Å². The molecule has 0 saturated heterocycles. The summed E-state index contributed by atoms with van der Waals surface area (Å²) in [6, 6.07) is 0. The summed E-state index contributed by atoms with van der Waals surface area (Å²) in [5, 5.41) is 17.0. The first-order valence-electron chi connectivity index (χ1n) is 4.28. The quantitative estimate of drug-likeness (QED) is 0.584. The number of carboxylic acids is 2. The first-order chi connectivity index (χ1) is 6.45. The molecule has 0 unspecified atom stereocenters.